The summed E-state index contributed by atoms with van der Waals surface area (Å²) in [6.07, 6.45) is 2.41. The molecule has 2 bridgehead atoms. The summed E-state index contributed by atoms with van der Waals surface area (Å²) in [5.41, 5.74) is 0.809. The number of benzene rings is 1. The number of piperidine rings is 1. The number of epoxide rings is 1. The Bertz CT molecular complexity index is 660. The Balaban J connectivity index is 1.42. The number of carbonyl (C=O) groups excluding carboxylic acids is 2. The van der Waals surface area contributed by atoms with Crippen molar-refractivity contribution < 1.29 is 23.8 Å². The second-order valence-corrected chi connectivity index (χ2v) is 7.40. The Morgan fingerprint density at radius 2 is 1.85 bits per heavy atom. The van der Waals surface area contributed by atoms with Crippen molar-refractivity contribution in [2.24, 2.45) is 0 Å². The van der Waals surface area contributed by atoms with Gasteiger partial charge in [0.1, 0.15) is 30.8 Å². The third-order valence-corrected chi connectivity index (χ3v) is 5.84. The second-order valence-electron chi connectivity index (χ2n) is 7.40. The largest absolute Gasteiger partial charge is 0.464 e. The highest BCUT2D eigenvalue weighted by molar-refractivity contribution is 5.79. The van der Waals surface area contributed by atoms with Crippen LogP contribution in [0.4, 0.5) is 0 Å². The van der Waals surface area contributed by atoms with E-state index >= 15 is 0 Å². The van der Waals surface area contributed by atoms with E-state index in [1.54, 1.807) is 6.92 Å². The fraction of sp³-hybridized carbons (Fsp3) is 0.600. The van der Waals surface area contributed by atoms with E-state index in [4.69, 9.17) is 14.2 Å². The topological polar surface area (TPSA) is 68.4 Å². The van der Waals surface area contributed by atoms with Gasteiger partial charge in [-0.05, 0) is 12.6 Å². The maximum atomic E-state index is 12.9. The van der Waals surface area contributed by atoms with Crippen molar-refractivity contribution in [2.75, 3.05) is 13.7 Å². The number of likely N-dealkylation sites (N-methyl/N-ethyl adjacent to an activating group) is 1. The molecule has 1 unspecified atom stereocenters. The summed E-state index contributed by atoms with van der Waals surface area (Å²) in [5, 5.41) is 0. The molecule has 0 amide bonds. The summed E-state index contributed by atoms with van der Waals surface area (Å²) < 4.78 is 16.8. The van der Waals surface area contributed by atoms with Crippen LogP contribution in [0.3, 0.4) is 0 Å². The normalized spacial score (nSPS) is 33.2. The number of ether oxygens (including phenoxy) is 3. The summed E-state index contributed by atoms with van der Waals surface area (Å²) in [4.78, 5) is 26.8. The lowest BCUT2D eigenvalue weighted by molar-refractivity contribution is -0.159. The Kier molecular flexibility index (Phi) is 4.71. The molecule has 6 nitrogen and oxygen atoms in total. The molecule has 3 heterocycles. The SMILES string of the molecule is CCC(=O)OC[C@H](C(=O)OC1C[C@@H]2[C@@H]3O[C@H]3[C@H](C1)N2C)c1ccccc1. The van der Waals surface area contributed by atoms with Gasteiger partial charge >= 0.3 is 11.9 Å². The first kappa shape index (κ1) is 17.5. The smallest absolute Gasteiger partial charge is 0.317 e. The highest BCUT2D eigenvalue weighted by atomic mass is 16.6. The second kappa shape index (κ2) is 7.00. The predicted octanol–water partition coefficient (Wildman–Crippen LogP) is 1.88. The molecule has 3 fully saturated rings. The van der Waals surface area contributed by atoms with Gasteiger partial charge in [-0.1, -0.05) is 37.3 Å². The van der Waals surface area contributed by atoms with Crippen molar-refractivity contribution in [2.45, 2.75) is 62.5 Å². The average molecular weight is 359 g/mol. The van der Waals surface area contributed by atoms with Gasteiger partial charge in [-0.15, -0.1) is 0 Å². The lowest BCUT2D eigenvalue weighted by Crippen LogP contribution is -2.48. The van der Waals surface area contributed by atoms with Crippen molar-refractivity contribution >= 4 is 11.9 Å². The molecule has 0 aromatic heterocycles. The van der Waals surface area contributed by atoms with E-state index in [9.17, 15) is 9.59 Å². The van der Waals surface area contributed by atoms with Crippen LogP contribution in [-0.2, 0) is 23.8 Å². The van der Waals surface area contributed by atoms with Crippen LogP contribution in [0.15, 0.2) is 30.3 Å². The number of carbonyl (C=O) groups is 2. The average Bonchev–Trinajstić information content (AvgIpc) is 3.41. The summed E-state index contributed by atoms with van der Waals surface area (Å²) in [7, 11) is 2.12. The van der Waals surface area contributed by atoms with E-state index in [2.05, 4.69) is 11.9 Å². The van der Waals surface area contributed by atoms with Crippen LogP contribution in [0.25, 0.3) is 0 Å². The summed E-state index contributed by atoms with van der Waals surface area (Å²) in [5.74, 6) is -1.22. The van der Waals surface area contributed by atoms with Crippen LogP contribution < -0.4 is 0 Å². The maximum absolute atomic E-state index is 12.9. The molecule has 4 rings (SSSR count). The van der Waals surface area contributed by atoms with Gasteiger partial charge < -0.3 is 14.2 Å². The Morgan fingerprint density at radius 3 is 2.46 bits per heavy atom. The van der Waals surface area contributed by atoms with Crippen LogP contribution >= 0.6 is 0 Å². The van der Waals surface area contributed by atoms with Gasteiger partial charge in [0.2, 0.25) is 0 Å². The molecule has 0 spiro atoms. The fourth-order valence-electron chi connectivity index (χ4n) is 4.31. The first-order valence-electron chi connectivity index (χ1n) is 9.37. The summed E-state index contributed by atoms with van der Waals surface area (Å²) >= 11 is 0. The van der Waals surface area contributed by atoms with Crippen molar-refractivity contribution in [3.63, 3.8) is 0 Å². The van der Waals surface area contributed by atoms with Crippen LogP contribution in [0, 0.1) is 0 Å². The molecule has 3 aliphatic rings. The third kappa shape index (κ3) is 3.23. The van der Waals surface area contributed by atoms with Gasteiger partial charge in [-0.2, -0.15) is 0 Å². The van der Waals surface area contributed by atoms with Crippen molar-refractivity contribution in [1.82, 2.24) is 4.90 Å². The molecule has 0 saturated carbocycles. The van der Waals surface area contributed by atoms with E-state index in [0.717, 1.165) is 18.4 Å². The number of rotatable bonds is 6. The molecule has 3 aliphatic heterocycles. The van der Waals surface area contributed by atoms with Crippen molar-refractivity contribution in [1.29, 1.82) is 0 Å². The van der Waals surface area contributed by atoms with E-state index in [-0.39, 0.29) is 31.1 Å². The Hall–Kier alpha value is -1.92. The molecule has 1 aromatic rings. The standard InChI is InChI=1S/C20H25NO5/c1-3-17(22)24-11-14(12-7-5-4-6-8-12)20(23)25-13-9-15-18-19(26-18)16(10-13)21(15)2/h4-8,13-16,18-19H,3,9-11H2,1-2H3/t13?,14-,15-,16+,18-,19-/m0/s1. The Labute approximate surface area is 153 Å². The zero-order valence-corrected chi connectivity index (χ0v) is 15.2. The van der Waals surface area contributed by atoms with Crippen LogP contribution in [-0.4, -0.2) is 60.9 Å². The number of hydrogen-bond donors (Lipinski definition) is 0. The van der Waals surface area contributed by atoms with Gasteiger partial charge in [0.15, 0.2) is 0 Å². The molecule has 0 aliphatic carbocycles. The number of esters is 2. The van der Waals surface area contributed by atoms with Crippen molar-refractivity contribution in [3.05, 3.63) is 35.9 Å². The number of morpholine rings is 1. The molecule has 26 heavy (non-hydrogen) atoms. The molecule has 0 N–H and O–H groups in total. The van der Waals surface area contributed by atoms with Crippen molar-refractivity contribution in [3.8, 4) is 0 Å². The lowest BCUT2D eigenvalue weighted by atomic mass is 9.97. The molecule has 6 heteroatoms. The molecule has 1 aromatic carbocycles. The number of fused-ring (bicyclic) bond motifs is 5. The zero-order chi connectivity index (χ0) is 18.3. The van der Waals surface area contributed by atoms with Crippen LogP contribution in [0.1, 0.15) is 37.7 Å². The Morgan fingerprint density at radius 1 is 1.19 bits per heavy atom. The number of hydrogen-bond acceptors (Lipinski definition) is 6. The minimum atomic E-state index is -0.588. The van der Waals surface area contributed by atoms with Gasteiger partial charge in [0, 0.05) is 31.3 Å². The summed E-state index contributed by atoms with van der Waals surface area (Å²) in [6, 6.07) is 10.1. The van der Waals surface area contributed by atoms with Gasteiger partial charge in [-0.25, -0.2) is 0 Å². The van der Waals surface area contributed by atoms with Crippen LogP contribution in [0.5, 0.6) is 0 Å². The van der Waals surface area contributed by atoms with E-state index in [0.29, 0.717) is 24.3 Å². The molecule has 3 saturated heterocycles. The van der Waals surface area contributed by atoms with E-state index in [1.165, 1.54) is 0 Å². The van der Waals surface area contributed by atoms with E-state index < -0.39 is 5.92 Å². The molecule has 0 radical (unpaired) electrons. The third-order valence-electron chi connectivity index (χ3n) is 5.84. The maximum Gasteiger partial charge on any atom is 0.317 e. The van der Waals surface area contributed by atoms with Crippen LogP contribution in [0.2, 0.25) is 0 Å². The first-order valence-corrected chi connectivity index (χ1v) is 9.37. The van der Waals surface area contributed by atoms with E-state index in [1.807, 2.05) is 30.3 Å². The molecular weight excluding hydrogens is 334 g/mol. The molecular formula is C20H25NO5. The minimum Gasteiger partial charge on any atom is -0.464 e. The minimum absolute atomic E-state index is 0.0172. The fourth-order valence-corrected chi connectivity index (χ4v) is 4.31. The summed E-state index contributed by atoms with van der Waals surface area (Å²) in [6.45, 7) is 1.75. The van der Waals surface area contributed by atoms with Gasteiger partial charge in [0.05, 0.1) is 0 Å². The monoisotopic (exact) mass is 359 g/mol. The zero-order valence-electron chi connectivity index (χ0n) is 15.2. The molecule has 6 atom stereocenters. The molecule has 140 valence electrons. The highest BCUT2D eigenvalue weighted by Crippen LogP contribution is 2.48. The quantitative estimate of drug-likeness (QED) is 0.571. The van der Waals surface area contributed by atoms with Gasteiger partial charge in [0.25, 0.3) is 0 Å². The lowest BCUT2D eigenvalue weighted by Gasteiger charge is -2.38. The highest BCUT2D eigenvalue weighted by Gasteiger charge is 2.62. The van der Waals surface area contributed by atoms with Gasteiger partial charge in [-0.3, -0.25) is 14.5 Å². The predicted molar refractivity (Wildman–Crippen MR) is 93.5 cm³/mol. The number of nitrogens with zero attached hydrogens (tertiary/aromatic N) is 1. The first-order chi connectivity index (χ1) is 12.6.